The summed E-state index contributed by atoms with van der Waals surface area (Å²) in [5, 5.41) is 7.93. The first kappa shape index (κ1) is 16.8. The maximum atomic E-state index is 13.5. The molecule has 2 aromatic rings. The number of benzene rings is 1. The van der Waals surface area contributed by atoms with Gasteiger partial charge in [0.25, 0.3) is 0 Å². The normalized spacial score (nSPS) is 18.2. The minimum Gasteiger partial charge on any atom is -0.369 e. The maximum absolute atomic E-state index is 13.5. The molecule has 1 fully saturated rings. The van der Waals surface area contributed by atoms with Gasteiger partial charge >= 0.3 is 6.18 Å². The third kappa shape index (κ3) is 3.01. The second-order valence-corrected chi connectivity index (χ2v) is 7.23. The Morgan fingerprint density at radius 3 is 2.64 bits per heavy atom. The second-order valence-electron chi connectivity index (χ2n) is 6.80. The van der Waals surface area contributed by atoms with Crippen molar-refractivity contribution in [2.24, 2.45) is 0 Å². The molecule has 2 aliphatic rings. The minimum absolute atomic E-state index is 0.0320. The van der Waals surface area contributed by atoms with Gasteiger partial charge in [0.1, 0.15) is 5.82 Å². The average molecular weight is 370 g/mol. The summed E-state index contributed by atoms with van der Waals surface area (Å²) in [6.45, 7) is 0.738. The molecule has 3 nitrogen and oxygen atoms in total. The van der Waals surface area contributed by atoms with Gasteiger partial charge in [-0.25, -0.2) is 4.68 Å². The molecule has 0 saturated heterocycles. The van der Waals surface area contributed by atoms with E-state index < -0.39 is 11.7 Å². The first-order valence-electron chi connectivity index (χ1n) is 8.68. The standard InChI is InChI=1S/C18H19ClF3N3/c19-12-6-7-15(14(10-12)18(20,21)22)25-17-13(8-9-23-17)16(24-25)11-4-2-1-3-5-11/h6-7,10-11,23H,1-5,8-9H2. The Hall–Kier alpha value is -1.69. The van der Waals surface area contributed by atoms with Crippen molar-refractivity contribution < 1.29 is 13.2 Å². The van der Waals surface area contributed by atoms with Crippen LogP contribution in [0.4, 0.5) is 19.0 Å². The zero-order valence-corrected chi connectivity index (χ0v) is 14.4. The van der Waals surface area contributed by atoms with E-state index >= 15 is 0 Å². The Labute approximate surface area is 149 Å². The van der Waals surface area contributed by atoms with Gasteiger partial charge in [-0.05, 0) is 37.5 Å². The summed E-state index contributed by atoms with van der Waals surface area (Å²) in [6.07, 6.45) is 2.02. The van der Waals surface area contributed by atoms with E-state index in [1.165, 1.54) is 23.2 Å². The molecule has 4 rings (SSSR count). The lowest BCUT2D eigenvalue weighted by Crippen LogP contribution is -2.14. The lowest BCUT2D eigenvalue weighted by Gasteiger charge is -2.20. The van der Waals surface area contributed by atoms with Gasteiger partial charge in [0.05, 0.1) is 16.9 Å². The van der Waals surface area contributed by atoms with Crippen LogP contribution in [0.2, 0.25) is 5.02 Å². The average Bonchev–Trinajstić information content (AvgIpc) is 3.17. The number of halogens is 4. The van der Waals surface area contributed by atoms with Gasteiger partial charge in [-0.15, -0.1) is 0 Å². The Balaban J connectivity index is 1.85. The van der Waals surface area contributed by atoms with Crippen LogP contribution >= 0.6 is 11.6 Å². The molecule has 0 atom stereocenters. The Morgan fingerprint density at radius 1 is 1.16 bits per heavy atom. The van der Waals surface area contributed by atoms with E-state index in [2.05, 4.69) is 10.4 Å². The van der Waals surface area contributed by atoms with Gasteiger partial charge in [-0.3, -0.25) is 0 Å². The van der Waals surface area contributed by atoms with E-state index in [-0.39, 0.29) is 10.7 Å². The number of aromatic nitrogens is 2. The Morgan fingerprint density at radius 2 is 1.92 bits per heavy atom. The quantitative estimate of drug-likeness (QED) is 0.751. The monoisotopic (exact) mass is 369 g/mol. The van der Waals surface area contributed by atoms with E-state index in [4.69, 9.17) is 11.6 Å². The molecule has 25 heavy (non-hydrogen) atoms. The summed E-state index contributed by atoms with van der Waals surface area (Å²) in [6, 6.07) is 3.86. The predicted octanol–water partition coefficient (Wildman–Crippen LogP) is 5.56. The number of nitrogens with zero attached hydrogens (tertiary/aromatic N) is 2. The molecule has 1 aromatic carbocycles. The molecular weight excluding hydrogens is 351 g/mol. The second kappa shape index (κ2) is 6.24. The number of nitrogens with one attached hydrogen (secondary N) is 1. The first-order valence-corrected chi connectivity index (χ1v) is 9.06. The largest absolute Gasteiger partial charge is 0.418 e. The number of rotatable bonds is 2. The molecule has 1 aliphatic carbocycles. The highest BCUT2D eigenvalue weighted by atomic mass is 35.5. The molecule has 1 N–H and O–H groups in total. The van der Waals surface area contributed by atoms with Crippen LogP contribution in [0.3, 0.4) is 0 Å². The van der Waals surface area contributed by atoms with Crippen LogP contribution < -0.4 is 5.32 Å². The van der Waals surface area contributed by atoms with E-state index in [0.29, 0.717) is 11.7 Å². The van der Waals surface area contributed by atoms with E-state index in [1.54, 1.807) is 0 Å². The SMILES string of the molecule is FC(F)(F)c1cc(Cl)ccc1-n1nc(C2CCCCC2)c2c1NCC2. The fraction of sp³-hybridized carbons (Fsp3) is 0.500. The summed E-state index contributed by atoms with van der Waals surface area (Å²) < 4.78 is 42.0. The number of fused-ring (bicyclic) bond motifs is 1. The van der Waals surface area contributed by atoms with Crippen molar-refractivity contribution in [2.45, 2.75) is 50.6 Å². The number of alkyl halides is 3. The van der Waals surface area contributed by atoms with Crippen LogP contribution in [-0.4, -0.2) is 16.3 Å². The van der Waals surface area contributed by atoms with Gasteiger partial charge in [-0.2, -0.15) is 18.3 Å². The predicted molar refractivity (Wildman–Crippen MR) is 91.6 cm³/mol. The van der Waals surface area contributed by atoms with E-state index in [1.807, 2.05) is 0 Å². The highest BCUT2D eigenvalue weighted by Gasteiger charge is 2.36. The van der Waals surface area contributed by atoms with Crippen LogP contribution in [0.1, 0.15) is 54.8 Å². The van der Waals surface area contributed by atoms with Crippen molar-refractivity contribution in [1.29, 1.82) is 0 Å². The van der Waals surface area contributed by atoms with Crippen molar-refractivity contribution >= 4 is 17.4 Å². The van der Waals surface area contributed by atoms with Gasteiger partial charge in [0.2, 0.25) is 0 Å². The molecule has 7 heteroatoms. The van der Waals surface area contributed by atoms with Gasteiger partial charge in [0, 0.05) is 23.0 Å². The smallest absolute Gasteiger partial charge is 0.369 e. The molecule has 0 amide bonds. The zero-order chi connectivity index (χ0) is 17.6. The van der Waals surface area contributed by atoms with Crippen LogP contribution in [0.25, 0.3) is 5.69 Å². The van der Waals surface area contributed by atoms with E-state index in [0.717, 1.165) is 56.0 Å². The summed E-state index contributed by atoms with van der Waals surface area (Å²) in [4.78, 5) is 0. The molecule has 1 aromatic heterocycles. The lowest BCUT2D eigenvalue weighted by molar-refractivity contribution is -0.137. The van der Waals surface area contributed by atoms with Crippen molar-refractivity contribution in [3.05, 3.63) is 40.0 Å². The highest BCUT2D eigenvalue weighted by Crippen LogP contribution is 2.41. The molecule has 1 saturated carbocycles. The fourth-order valence-corrected chi connectivity index (χ4v) is 4.17. The van der Waals surface area contributed by atoms with Crippen LogP contribution in [0.15, 0.2) is 18.2 Å². The molecular formula is C18H19ClF3N3. The molecule has 0 radical (unpaired) electrons. The topological polar surface area (TPSA) is 29.9 Å². The van der Waals surface area contributed by atoms with Crippen molar-refractivity contribution in [3.63, 3.8) is 0 Å². The van der Waals surface area contributed by atoms with Gasteiger partial charge in [-0.1, -0.05) is 30.9 Å². The van der Waals surface area contributed by atoms with Crippen molar-refractivity contribution in [2.75, 3.05) is 11.9 Å². The molecule has 0 spiro atoms. The van der Waals surface area contributed by atoms with Crippen LogP contribution in [0, 0.1) is 0 Å². The fourth-order valence-electron chi connectivity index (χ4n) is 4.00. The summed E-state index contributed by atoms with van der Waals surface area (Å²) in [5.41, 5.74) is 1.33. The molecule has 134 valence electrons. The molecule has 1 aliphatic heterocycles. The lowest BCUT2D eigenvalue weighted by atomic mass is 9.85. The van der Waals surface area contributed by atoms with Crippen LogP contribution in [0.5, 0.6) is 0 Å². The molecule has 0 unspecified atom stereocenters. The summed E-state index contributed by atoms with van der Waals surface area (Å²) in [5.74, 6) is 1.05. The first-order chi connectivity index (χ1) is 11.9. The summed E-state index contributed by atoms with van der Waals surface area (Å²) in [7, 11) is 0. The number of anilines is 1. The highest BCUT2D eigenvalue weighted by molar-refractivity contribution is 6.30. The van der Waals surface area contributed by atoms with E-state index in [9.17, 15) is 13.2 Å². The van der Waals surface area contributed by atoms with Gasteiger partial charge < -0.3 is 5.32 Å². The Kier molecular flexibility index (Phi) is 4.18. The molecule has 2 heterocycles. The van der Waals surface area contributed by atoms with Gasteiger partial charge in [0.15, 0.2) is 0 Å². The Bertz CT molecular complexity index is 792. The number of hydrogen-bond acceptors (Lipinski definition) is 2. The number of hydrogen-bond donors (Lipinski definition) is 1. The zero-order valence-electron chi connectivity index (χ0n) is 13.7. The minimum atomic E-state index is -4.48. The van der Waals surface area contributed by atoms with Crippen molar-refractivity contribution in [3.8, 4) is 5.69 Å². The third-order valence-electron chi connectivity index (χ3n) is 5.17. The third-order valence-corrected chi connectivity index (χ3v) is 5.40. The van der Waals surface area contributed by atoms with Crippen molar-refractivity contribution in [1.82, 2.24) is 9.78 Å². The van der Waals surface area contributed by atoms with Crippen LogP contribution in [-0.2, 0) is 12.6 Å². The summed E-state index contributed by atoms with van der Waals surface area (Å²) >= 11 is 5.81. The maximum Gasteiger partial charge on any atom is 0.418 e. The molecule has 0 bridgehead atoms.